The first-order valence-electron chi connectivity index (χ1n) is 8.14. The minimum Gasteiger partial charge on any atom is -0.467 e. The molecule has 0 saturated heterocycles. The second-order valence-corrected chi connectivity index (χ2v) is 6.03. The van der Waals surface area contributed by atoms with Gasteiger partial charge in [0.1, 0.15) is 6.04 Å². The van der Waals surface area contributed by atoms with E-state index >= 15 is 0 Å². The summed E-state index contributed by atoms with van der Waals surface area (Å²) >= 11 is 0. The fourth-order valence-corrected chi connectivity index (χ4v) is 2.48. The molecule has 156 valence electrons. The number of hydrogen-bond donors (Lipinski definition) is 1. The molecule has 2 aromatic rings. The maximum atomic E-state index is 12.8. The Hall–Kier alpha value is -3.04. The van der Waals surface area contributed by atoms with E-state index in [1.54, 1.807) is 0 Å². The van der Waals surface area contributed by atoms with Crippen molar-refractivity contribution in [3.05, 3.63) is 70.8 Å². The summed E-state index contributed by atoms with van der Waals surface area (Å²) < 4.78 is 80.8. The molecular formula is C19H15F6NO3. The van der Waals surface area contributed by atoms with Crippen LogP contribution in [0, 0.1) is 0 Å². The van der Waals surface area contributed by atoms with Gasteiger partial charge in [-0.1, -0.05) is 18.2 Å². The summed E-state index contributed by atoms with van der Waals surface area (Å²) in [4.78, 5) is 24.2. The number of carbonyl (C=O) groups excluding carboxylic acids is 2. The number of benzene rings is 2. The van der Waals surface area contributed by atoms with Crippen LogP contribution in [0.2, 0.25) is 0 Å². The molecule has 0 aliphatic carbocycles. The molecule has 29 heavy (non-hydrogen) atoms. The second-order valence-electron chi connectivity index (χ2n) is 6.03. The van der Waals surface area contributed by atoms with E-state index in [0.717, 1.165) is 49.6 Å². The number of carbonyl (C=O) groups is 2. The van der Waals surface area contributed by atoms with Crippen molar-refractivity contribution in [3.63, 3.8) is 0 Å². The Morgan fingerprint density at radius 2 is 1.52 bits per heavy atom. The zero-order valence-corrected chi connectivity index (χ0v) is 14.9. The van der Waals surface area contributed by atoms with E-state index in [1.165, 1.54) is 0 Å². The molecule has 4 nitrogen and oxygen atoms in total. The molecule has 0 saturated carbocycles. The molecule has 0 heterocycles. The molecule has 1 amide bonds. The molecule has 0 aromatic heterocycles. The first kappa shape index (κ1) is 22.3. The van der Waals surface area contributed by atoms with Crippen molar-refractivity contribution in [1.82, 2.24) is 5.32 Å². The lowest BCUT2D eigenvalue weighted by atomic mass is 10.0. The minimum atomic E-state index is -4.65. The number of hydrogen-bond acceptors (Lipinski definition) is 3. The molecule has 1 atom stereocenters. The van der Waals surface area contributed by atoms with Crippen LogP contribution in [0.15, 0.2) is 48.5 Å². The molecule has 0 unspecified atom stereocenters. The van der Waals surface area contributed by atoms with Crippen LogP contribution >= 0.6 is 0 Å². The van der Waals surface area contributed by atoms with Crippen molar-refractivity contribution in [2.45, 2.75) is 24.8 Å². The first-order valence-corrected chi connectivity index (χ1v) is 8.14. The summed E-state index contributed by atoms with van der Waals surface area (Å²) in [5, 5.41) is 2.25. The normalized spacial score (nSPS) is 12.9. The van der Waals surface area contributed by atoms with E-state index in [4.69, 9.17) is 0 Å². The van der Waals surface area contributed by atoms with Crippen LogP contribution < -0.4 is 5.32 Å². The molecule has 0 fully saturated rings. The summed E-state index contributed by atoms with van der Waals surface area (Å²) in [7, 11) is 1.04. The molecule has 0 radical (unpaired) electrons. The number of rotatable bonds is 5. The topological polar surface area (TPSA) is 55.4 Å². The Labute approximate surface area is 161 Å². The zero-order chi connectivity index (χ0) is 21.8. The lowest BCUT2D eigenvalue weighted by Gasteiger charge is -2.17. The van der Waals surface area contributed by atoms with Crippen molar-refractivity contribution >= 4 is 11.9 Å². The maximum Gasteiger partial charge on any atom is 0.416 e. The van der Waals surface area contributed by atoms with E-state index in [2.05, 4.69) is 10.1 Å². The highest BCUT2D eigenvalue weighted by atomic mass is 19.4. The largest absolute Gasteiger partial charge is 0.467 e. The molecule has 1 N–H and O–H groups in total. The number of methoxy groups -OCH3 is 1. The van der Waals surface area contributed by atoms with Gasteiger partial charge in [0.2, 0.25) is 0 Å². The van der Waals surface area contributed by atoms with E-state index in [1.807, 2.05) is 0 Å². The Morgan fingerprint density at radius 1 is 0.931 bits per heavy atom. The molecule has 0 aliphatic rings. The third-order valence-electron chi connectivity index (χ3n) is 3.96. The van der Waals surface area contributed by atoms with Crippen molar-refractivity contribution in [3.8, 4) is 0 Å². The Bertz CT molecular complexity index is 875. The van der Waals surface area contributed by atoms with Gasteiger partial charge in [-0.2, -0.15) is 26.3 Å². The Kier molecular flexibility index (Phi) is 6.55. The monoisotopic (exact) mass is 419 g/mol. The fraction of sp³-hybridized carbons (Fsp3) is 0.263. The molecule has 10 heteroatoms. The van der Waals surface area contributed by atoms with Gasteiger partial charge in [0, 0.05) is 12.0 Å². The Balaban J connectivity index is 2.19. The smallest absolute Gasteiger partial charge is 0.416 e. The van der Waals surface area contributed by atoms with Gasteiger partial charge in [-0.15, -0.1) is 0 Å². The highest BCUT2D eigenvalue weighted by Crippen LogP contribution is 2.30. The lowest BCUT2D eigenvalue weighted by Crippen LogP contribution is -2.43. The zero-order valence-electron chi connectivity index (χ0n) is 14.9. The van der Waals surface area contributed by atoms with E-state index in [-0.39, 0.29) is 17.5 Å². The van der Waals surface area contributed by atoms with Crippen molar-refractivity contribution in [2.24, 2.45) is 0 Å². The minimum absolute atomic E-state index is 0.213. The standard InChI is InChI=1S/C19H15F6NO3/c1-29-17(28)15(9-11-5-7-13(8-6-11)18(20,21)22)26-16(27)12-3-2-4-14(10-12)19(23,24)25/h2-8,10,15H,9H2,1H3,(H,26,27)/t15-/m0/s1. The summed E-state index contributed by atoms with van der Waals surface area (Å²) in [6, 6.07) is 6.19. The number of amides is 1. The molecule has 0 aliphatic heterocycles. The molecule has 0 spiro atoms. The van der Waals surface area contributed by atoms with Gasteiger partial charge in [0.05, 0.1) is 18.2 Å². The summed E-state index contributed by atoms with van der Waals surface area (Å²) in [5.74, 6) is -1.86. The van der Waals surface area contributed by atoms with E-state index in [9.17, 15) is 35.9 Å². The van der Waals surface area contributed by atoms with E-state index < -0.39 is 41.4 Å². The fourth-order valence-electron chi connectivity index (χ4n) is 2.48. The third-order valence-corrected chi connectivity index (χ3v) is 3.96. The van der Waals surface area contributed by atoms with E-state index in [0.29, 0.717) is 6.07 Å². The number of nitrogens with one attached hydrogen (secondary N) is 1. The average Bonchev–Trinajstić information content (AvgIpc) is 2.66. The molecule has 2 rings (SSSR count). The van der Waals surface area contributed by atoms with Crippen molar-refractivity contribution in [2.75, 3.05) is 7.11 Å². The van der Waals surface area contributed by atoms with Crippen LogP contribution in [0.3, 0.4) is 0 Å². The van der Waals surface area contributed by atoms with Crippen LogP contribution in [0.5, 0.6) is 0 Å². The van der Waals surface area contributed by atoms with Gasteiger partial charge in [-0.05, 0) is 35.9 Å². The van der Waals surface area contributed by atoms with Crippen molar-refractivity contribution in [1.29, 1.82) is 0 Å². The first-order chi connectivity index (χ1) is 13.4. The van der Waals surface area contributed by atoms with Crippen LogP contribution in [0.4, 0.5) is 26.3 Å². The van der Waals surface area contributed by atoms with Crippen molar-refractivity contribution < 1.29 is 40.7 Å². The number of esters is 1. The van der Waals surface area contributed by atoms with Crippen LogP contribution in [-0.4, -0.2) is 25.0 Å². The lowest BCUT2D eigenvalue weighted by molar-refractivity contribution is -0.143. The predicted octanol–water partition coefficient (Wildman–Crippen LogP) is 4.24. The highest BCUT2D eigenvalue weighted by Gasteiger charge is 2.32. The van der Waals surface area contributed by atoms with Gasteiger partial charge >= 0.3 is 18.3 Å². The summed E-state index contributed by atoms with van der Waals surface area (Å²) in [6.07, 6.45) is -9.40. The third kappa shape index (κ3) is 5.97. The van der Waals surface area contributed by atoms with Gasteiger partial charge < -0.3 is 10.1 Å². The average molecular weight is 419 g/mol. The molecular weight excluding hydrogens is 404 g/mol. The van der Waals surface area contributed by atoms with Gasteiger partial charge in [0.15, 0.2) is 0 Å². The number of alkyl halides is 6. The molecule has 0 bridgehead atoms. The van der Waals surface area contributed by atoms with Gasteiger partial charge in [0.25, 0.3) is 5.91 Å². The molecule has 2 aromatic carbocycles. The van der Waals surface area contributed by atoms with Gasteiger partial charge in [-0.3, -0.25) is 4.79 Å². The predicted molar refractivity (Wildman–Crippen MR) is 89.9 cm³/mol. The van der Waals surface area contributed by atoms with Gasteiger partial charge in [-0.25, -0.2) is 4.79 Å². The SMILES string of the molecule is COC(=O)[C@H](Cc1ccc(C(F)(F)F)cc1)NC(=O)c1cccc(C(F)(F)F)c1. The Morgan fingerprint density at radius 3 is 2.03 bits per heavy atom. The van der Waals surface area contributed by atoms with Crippen LogP contribution in [0.25, 0.3) is 0 Å². The van der Waals surface area contributed by atoms with Crippen LogP contribution in [-0.2, 0) is 28.3 Å². The quantitative estimate of drug-likeness (QED) is 0.583. The maximum absolute atomic E-state index is 12.8. The number of halogens is 6. The summed E-state index contributed by atoms with van der Waals surface area (Å²) in [6.45, 7) is 0. The second kappa shape index (κ2) is 8.54. The number of ether oxygens (including phenoxy) is 1. The highest BCUT2D eigenvalue weighted by molar-refractivity contribution is 5.97. The summed E-state index contributed by atoms with van der Waals surface area (Å²) in [5.41, 5.74) is -1.97. The van der Waals surface area contributed by atoms with Crippen LogP contribution in [0.1, 0.15) is 27.0 Å².